The summed E-state index contributed by atoms with van der Waals surface area (Å²) in [7, 11) is 0. The van der Waals surface area contributed by atoms with Gasteiger partial charge in [0, 0.05) is 30.3 Å². The summed E-state index contributed by atoms with van der Waals surface area (Å²) in [6.07, 6.45) is 4.73. The quantitative estimate of drug-likeness (QED) is 0.220. The van der Waals surface area contributed by atoms with Gasteiger partial charge in [-0.3, -0.25) is 14.4 Å². The lowest BCUT2D eigenvalue weighted by Gasteiger charge is -2.30. The third-order valence-electron chi connectivity index (χ3n) is 6.19. The molecule has 1 aromatic rings. The van der Waals surface area contributed by atoms with E-state index in [1.807, 2.05) is 34.6 Å². The van der Waals surface area contributed by atoms with Crippen molar-refractivity contribution < 1.29 is 19.5 Å². The minimum absolute atomic E-state index is 0.0622. The highest BCUT2D eigenvalue weighted by atomic mass is 16.3. The summed E-state index contributed by atoms with van der Waals surface area (Å²) >= 11 is 0. The summed E-state index contributed by atoms with van der Waals surface area (Å²) in [4.78, 5) is 45.0. The van der Waals surface area contributed by atoms with Crippen molar-refractivity contribution >= 4 is 17.7 Å². The van der Waals surface area contributed by atoms with Gasteiger partial charge in [0.15, 0.2) is 0 Å². The zero-order chi connectivity index (χ0) is 25.1. The molecule has 10 nitrogen and oxygen atoms in total. The van der Waals surface area contributed by atoms with Gasteiger partial charge in [-0.05, 0) is 24.7 Å². The molecule has 1 rings (SSSR count). The van der Waals surface area contributed by atoms with Crippen LogP contribution >= 0.6 is 0 Å². The van der Waals surface area contributed by atoms with E-state index in [2.05, 4.69) is 20.6 Å². The van der Waals surface area contributed by atoms with Gasteiger partial charge in [0.25, 0.3) is 0 Å². The highest BCUT2D eigenvalue weighted by Crippen LogP contribution is 2.21. The molecule has 0 aromatic carbocycles. The summed E-state index contributed by atoms with van der Waals surface area (Å²) in [5.74, 6) is -2.24. The number of nitrogens with zero attached hydrogens (tertiary/aromatic N) is 1. The Hall–Kier alpha value is -2.46. The molecule has 6 atom stereocenters. The number of hydrogen-bond donors (Lipinski definition) is 6. The van der Waals surface area contributed by atoms with Gasteiger partial charge >= 0.3 is 0 Å². The maximum absolute atomic E-state index is 13.2. The second-order valence-electron chi connectivity index (χ2n) is 9.22. The number of nitrogens with two attached hydrogens (primary N) is 2. The van der Waals surface area contributed by atoms with E-state index in [9.17, 15) is 19.5 Å². The van der Waals surface area contributed by atoms with E-state index >= 15 is 0 Å². The fourth-order valence-corrected chi connectivity index (χ4v) is 3.71. The Labute approximate surface area is 196 Å². The molecule has 0 bridgehead atoms. The maximum atomic E-state index is 13.2. The number of amides is 3. The molecule has 0 saturated heterocycles. The second-order valence-corrected chi connectivity index (χ2v) is 9.22. The first-order valence-electron chi connectivity index (χ1n) is 11.8. The first-order valence-corrected chi connectivity index (χ1v) is 11.8. The van der Waals surface area contributed by atoms with Crippen LogP contribution in [0.3, 0.4) is 0 Å². The minimum atomic E-state index is -0.948. The molecule has 0 spiro atoms. The molecule has 3 amide bonds. The molecule has 0 aliphatic rings. The standard InChI is InChI=1S/C23H42N6O4/c1-6-8-17(24)19(30)10-16(13(3)4)22(32)29-20(14(5)7-2)23(33)28-18(21(25)31)9-15-11-26-12-27-15/h11-14,16-20,30H,6-10,24H2,1-5H3,(H2,25,31)(H,26,27)(H,28,33)(H,29,32)/t14?,16-,17+,18?,19+,20?/m1/s1. The largest absolute Gasteiger partial charge is 0.391 e. The molecule has 0 saturated carbocycles. The average Bonchev–Trinajstić information content (AvgIpc) is 3.27. The molecule has 0 radical (unpaired) electrons. The summed E-state index contributed by atoms with van der Waals surface area (Å²) < 4.78 is 0. The topological polar surface area (TPSA) is 176 Å². The predicted octanol–water partition coefficient (Wildman–Crippen LogP) is 0.604. The van der Waals surface area contributed by atoms with Crippen LogP contribution in [0, 0.1) is 17.8 Å². The Bertz CT molecular complexity index is 739. The van der Waals surface area contributed by atoms with Gasteiger partial charge in [-0.25, -0.2) is 4.98 Å². The van der Waals surface area contributed by atoms with E-state index in [-0.39, 0.29) is 30.6 Å². The Morgan fingerprint density at radius 2 is 1.82 bits per heavy atom. The van der Waals surface area contributed by atoms with Crippen LogP contribution in [0.15, 0.2) is 12.5 Å². The molecule has 1 heterocycles. The van der Waals surface area contributed by atoms with Gasteiger partial charge < -0.3 is 32.2 Å². The number of nitrogens with one attached hydrogen (secondary N) is 3. The van der Waals surface area contributed by atoms with Crippen LogP contribution in [0.1, 0.15) is 66.0 Å². The van der Waals surface area contributed by atoms with Gasteiger partial charge in [-0.2, -0.15) is 0 Å². The fourth-order valence-electron chi connectivity index (χ4n) is 3.71. The van der Waals surface area contributed by atoms with Crippen molar-refractivity contribution in [3.8, 4) is 0 Å². The number of aliphatic hydroxyl groups is 1. The minimum Gasteiger partial charge on any atom is -0.391 e. The maximum Gasteiger partial charge on any atom is 0.243 e. The van der Waals surface area contributed by atoms with E-state index < -0.39 is 42.0 Å². The molecular weight excluding hydrogens is 424 g/mol. The third kappa shape index (κ3) is 9.13. The van der Waals surface area contributed by atoms with Gasteiger partial charge in [-0.15, -0.1) is 0 Å². The first-order chi connectivity index (χ1) is 15.5. The van der Waals surface area contributed by atoms with Crippen LogP contribution in [-0.4, -0.2) is 57.0 Å². The lowest BCUT2D eigenvalue weighted by Crippen LogP contribution is -2.56. The van der Waals surface area contributed by atoms with Crippen molar-refractivity contribution in [1.82, 2.24) is 20.6 Å². The molecule has 3 unspecified atom stereocenters. The van der Waals surface area contributed by atoms with Crippen molar-refractivity contribution in [3.05, 3.63) is 18.2 Å². The molecular formula is C23H42N6O4. The van der Waals surface area contributed by atoms with Gasteiger partial charge in [-0.1, -0.05) is 47.5 Å². The number of H-pyrrole nitrogens is 1. The third-order valence-corrected chi connectivity index (χ3v) is 6.19. The van der Waals surface area contributed by atoms with Crippen molar-refractivity contribution in [2.24, 2.45) is 29.2 Å². The highest BCUT2D eigenvalue weighted by molar-refractivity contribution is 5.92. The van der Waals surface area contributed by atoms with Crippen molar-refractivity contribution in [1.29, 1.82) is 0 Å². The number of aromatic nitrogens is 2. The fraction of sp³-hybridized carbons (Fsp3) is 0.739. The number of aromatic amines is 1. The zero-order valence-electron chi connectivity index (χ0n) is 20.5. The number of carbonyl (C=O) groups excluding carboxylic acids is 3. The Kier molecular flexibility index (Phi) is 12.1. The highest BCUT2D eigenvalue weighted by Gasteiger charge is 2.33. The van der Waals surface area contributed by atoms with Gasteiger partial charge in [0.05, 0.1) is 12.4 Å². The lowest BCUT2D eigenvalue weighted by molar-refractivity contribution is -0.135. The van der Waals surface area contributed by atoms with Crippen LogP contribution in [-0.2, 0) is 20.8 Å². The molecule has 0 aliphatic heterocycles. The number of primary amides is 1. The number of rotatable bonds is 15. The molecule has 0 aliphatic carbocycles. The number of carbonyl (C=O) groups is 3. The molecule has 0 fully saturated rings. The molecule has 1 aromatic heterocycles. The van der Waals surface area contributed by atoms with Crippen LogP contribution in [0.4, 0.5) is 0 Å². The van der Waals surface area contributed by atoms with Crippen molar-refractivity contribution in [3.63, 3.8) is 0 Å². The molecule has 8 N–H and O–H groups in total. The Balaban J connectivity index is 2.95. The monoisotopic (exact) mass is 466 g/mol. The van der Waals surface area contributed by atoms with Crippen LogP contribution < -0.4 is 22.1 Å². The van der Waals surface area contributed by atoms with E-state index in [1.165, 1.54) is 6.33 Å². The van der Waals surface area contributed by atoms with Gasteiger partial charge in [0.1, 0.15) is 12.1 Å². The van der Waals surface area contributed by atoms with E-state index in [1.54, 1.807) is 6.20 Å². The van der Waals surface area contributed by atoms with Gasteiger partial charge in [0.2, 0.25) is 17.7 Å². The summed E-state index contributed by atoms with van der Waals surface area (Å²) in [6, 6.07) is -2.21. The summed E-state index contributed by atoms with van der Waals surface area (Å²) in [5, 5.41) is 16.0. The predicted molar refractivity (Wildman–Crippen MR) is 127 cm³/mol. The van der Waals surface area contributed by atoms with Crippen LogP contribution in [0.2, 0.25) is 0 Å². The SMILES string of the molecule is CCC[C@H](N)[C@@H](O)C[C@@H](C(=O)NC(C(=O)NC(Cc1cnc[nH]1)C(N)=O)C(C)CC)C(C)C. The van der Waals surface area contributed by atoms with E-state index in [0.717, 1.165) is 6.42 Å². The van der Waals surface area contributed by atoms with Crippen LogP contribution in [0.5, 0.6) is 0 Å². The Morgan fingerprint density at radius 1 is 1.15 bits per heavy atom. The smallest absolute Gasteiger partial charge is 0.243 e. The number of hydrogen-bond acceptors (Lipinski definition) is 6. The average molecular weight is 467 g/mol. The molecule has 10 heteroatoms. The first kappa shape index (κ1) is 28.6. The summed E-state index contributed by atoms with van der Waals surface area (Å²) in [6.45, 7) is 9.55. The normalized spacial score (nSPS) is 17.0. The van der Waals surface area contributed by atoms with E-state index in [4.69, 9.17) is 11.5 Å². The molecule has 33 heavy (non-hydrogen) atoms. The second kappa shape index (κ2) is 13.9. The summed E-state index contributed by atoms with van der Waals surface area (Å²) in [5.41, 5.74) is 12.2. The number of aliphatic hydroxyl groups excluding tert-OH is 1. The molecule has 188 valence electrons. The lowest BCUT2D eigenvalue weighted by atomic mass is 9.86. The number of imidazole rings is 1. The zero-order valence-corrected chi connectivity index (χ0v) is 20.5. The van der Waals surface area contributed by atoms with E-state index in [0.29, 0.717) is 18.5 Å². The van der Waals surface area contributed by atoms with Crippen molar-refractivity contribution in [2.45, 2.75) is 91.0 Å². The Morgan fingerprint density at radius 3 is 2.30 bits per heavy atom. The van der Waals surface area contributed by atoms with Crippen LogP contribution in [0.25, 0.3) is 0 Å². The van der Waals surface area contributed by atoms with Crippen molar-refractivity contribution in [2.75, 3.05) is 0 Å².